The van der Waals surface area contributed by atoms with E-state index in [0.29, 0.717) is 17.4 Å². The summed E-state index contributed by atoms with van der Waals surface area (Å²) in [7, 11) is 0. The number of nitrogens with one attached hydrogen (secondary N) is 1. The maximum atomic E-state index is 12.5. The van der Waals surface area contributed by atoms with Gasteiger partial charge < -0.3 is 5.32 Å². The highest BCUT2D eigenvalue weighted by atomic mass is 16.1. The lowest BCUT2D eigenvalue weighted by Crippen LogP contribution is -2.42. The van der Waals surface area contributed by atoms with Crippen LogP contribution in [-0.2, 0) is 6.54 Å². The van der Waals surface area contributed by atoms with Crippen LogP contribution in [0.1, 0.15) is 55.0 Å². The SMILES string of the molecule is Cc1cc(C)n(Cc2ccc(C(=O)NC(C(C)C)C(C)C)cc2)n1. The largest absolute Gasteiger partial charge is 0.349 e. The minimum Gasteiger partial charge on any atom is -0.349 e. The Balaban J connectivity index is 2.05. The van der Waals surface area contributed by atoms with E-state index in [2.05, 4.69) is 51.1 Å². The molecule has 24 heavy (non-hydrogen) atoms. The van der Waals surface area contributed by atoms with Gasteiger partial charge in [0.25, 0.3) is 5.91 Å². The first kappa shape index (κ1) is 18.2. The molecule has 0 atom stereocenters. The molecule has 0 bridgehead atoms. The van der Waals surface area contributed by atoms with Gasteiger partial charge in [0.2, 0.25) is 0 Å². The highest BCUT2D eigenvalue weighted by Crippen LogP contribution is 2.14. The van der Waals surface area contributed by atoms with E-state index in [4.69, 9.17) is 0 Å². The first-order valence-electron chi connectivity index (χ1n) is 8.68. The molecule has 0 unspecified atom stereocenters. The Morgan fingerprint density at radius 2 is 1.67 bits per heavy atom. The third-order valence-electron chi connectivity index (χ3n) is 4.39. The predicted molar refractivity (Wildman–Crippen MR) is 98.2 cm³/mol. The zero-order valence-electron chi connectivity index (χ0n) is 15.6. The molecular formula is C20H29N3O. The van der Waals surface area contributed by atoms with Gasteiger partial charge in [-0.3, -0.25) is 9.48 Å². The Morgan fingerprint density at radius 3 is 2.12 bits per heavy atom. The summed E-state index contributed by atoms with van der Waals surface area (Å²) < 4.78 is 1.98. The Hall–Kier alpha value is -2.10. The van der Waals surface area contributed by atoms with Crippen molar-refractivity contribution in [3.8, 4) is 0 Å². The molecule has 0 spiro atoms. The second-order valence-electron chi connectivity index (χ2n) is 7.27. The number of aromatic nitrogens is 2. The summed E-state index contributed by atoms with van der Waals surface area (Å²) in [5, 5.41) is 7.64. The fraction of sp³-hybridized carbons (Fsp3) is 0.500. The Bertz CT molecular complexity index is 675. The van der Waals surface area contributed by atoms with E-state index in [1.807, 2.05) is 35.9 Å². The molecule has 0 aliphatic carbocycles. The van der Waals surface area contributed by atoms with Crippen LogP contribution in [0.5, 0.6) is 0 Å². The van der Waals surface area contributed by atoms with Crippen molar-refractivity contribution in [1.29, 1.82) is 0 Å². The molecule has 1 N–H and O–H groups in total. The normalized spacial score (nSPS) is 11.5. The molecule has 1 heterocycles. The van der Waals surface area contributed by atoms with Crippen LogP contribution in [0.25, 0.3) is 0 Å². The minimum atomic E-state index is 0.0000594. The first-order chi connectivity index (χ1) is 11.3. The van der Waals surface area contributed by atoms with Crippen LogP contribution < -0.4 is 5.32 Å². The fourth-order valence-electron chi connectivity index (χ4n) is 3.11. The number of rotatable bonds is 6. The van der Waals surface area contributed by atoms with E-state index in [0.717, 1.165) is 23.5 Å². The van der Waals surface area contributed by atoms with Crippen LogP contribution in [0.4, 0.5) is 0 Å². The van der Waals surface area contributed by atoms with Gasteiger partial charge in [-0.05, 0) is 49.4 Å². The molecule has 4 nitrogen and oxygen atoms in total. The zero-order chi connectivity index (χ0) is 17.9. The zero-order valence-corrected chi connectivity index (χ0v) is 15.6. The molecule has 2 aromatic rings. The molecule has 1 aromatic carbocycles. The van der Waals surface area contributed by atoms with Crippen molar-refractivity contribution < 1.29 is 4.79 Å². The van der Waals surface area contributed by atoms with E-state index >= 15 is 0 Å². The van der Waals surface area contributed by atoms with E-state index in [1.165, 1.54) is 0 Å². The van der Waals surface area contributed by atoms with Gasteiger partial charge in [-0.2, -0.15) is 5.10 Å². The fourth-order valence-corrected chi connectivity index (χ4v) is 3.11. The van der Waals surface area contributed by atoms with E-state index in [9.17, 15) is 4.79 Å². The van der Waals surface area contributed by atoms with Crippen molar-refractivity contribution in [1.82, 2.24) is 15.1 Å². The van der Waals surface area contributed by atoms with Crippen molar-refractivity contribution in [3.05, 3.63) is 52.8 Å². The summed E-state index contributed by atoms with van der Waals surface area (Å²) in [5.41, 5.74) is 4.02. The van der Waals surface area contributed by atoms with Crippen LogP contribution in [0, 0.1) is 25.7 Å². The average molecular weight is 327 g/mol. The van der Waals surface area contributed by atoms with Crippen LogP contribution in [0.2, 0.25) is 0 Å². The highest BCUT2D eigenvalue weighted by Gasteiger charge is 2.20. The number of nitrogens with zero attached hydrogens (tertiary/aromatic N) is 2. The summed E-state index contributed by atoms with van der Waals surface area (Å²) in [6.45, 7) is 13.3. The number of benzene rings is 1. The molecule has 2 rings (SSSR count). The minimum absolute atomic E-state index is 0.0000594. The van der Waals surface area contributed by atoms with Crippen molar-refractivity contribution in [2.45, 2.75) is 54.1 Å². The van der Waals surface area contributed by atoms with Gasteiger partial charge in [-0.25, -0.2) is 0 Å². The number of aryl methyl sites for hydroxylation is 2. The maximum absolute atomic E-state index is 12.5. The Kier molecular flexibility index (Phi) is 5.81. The lowest BCUT2D eigenvalue weighted by molar-refractivity contribution is 0.0910. The molecule has 0 aliphatic heterocycles. The predicted octanol–water partition coefficient (Wildman–Crippen LogP) is 3.96. The van der Waals surface area contributed by atoms with Gasteiger partial charge >= 0.3 is 0 Å². The van der Waals surface area contributed by atoms with Crippen molar-refractivity contribution >= 4 is 5.91 Å². The van der Waals surface area contributed by atoms with E-state index < -0.39 is 0 Å². The summed E-state index contributed by atoms with van der Waals surface area (Å²) in [5.74, 6) is 0.832. The Labute approximate surface area is 145 Å². The summed E-state index contributed by atoms with van der Waals surface area (Å²) in [6, 6.07) is 10.1. The van der Waals surface area contributed by atoms with Crippen molar-refractivity contribution in [2.24, 2.45) is 11.8 Å². The van der Waals surface area contributed by atoms with Crippen LogP contribution in [-0.4, -0.2) is 21.7 Å². The van der Waals surface area contributed by atoms with E-state index in [1.54, 1.807) is 0 Å². The molecule has 0 saturated carbocycles. The van der Waals surface area contributed by atoms with Crippen LogP contribution >= 0.6 is 0 Å². The third kappa shape index (κ3) is 4.47. The molecule has 1 amide bonds. The van der Waals surface area contributed by atoms with Crippen molar-refractivity contribution in [3.63, 3.8) is 0 Å². The quantitative estimate of drug-likeness (QED) is 0.873. The summed E-state index contributed by atoms with van der Waals surface area (Å²) >= 11 is 0. The number of carbonyl (C=O) groups excluding carboxylic acids is 1. The van der Waals surface area contributed by atoms with Gasteiger partial charge in [-0.15, -0.1) is 0 Å². The molecule has 1 aromatic heterocycles. The van der Waals surface area contributed by atoms with Crippen LogP contribution in [0.15, 0.2) is 30.3 Å². The molecule has 0 saturated heterocycles. The second kappa shape index (κ2) is 7.65. The van der Waals surface area contributed by atoms with Crippen LogP contribution in [0.3, 0.4) is 0 Å². The number of hydrogen-bond acceptors (Lipinski definition) is 2. The van der Waals surface area contributed by atoms with E-state index in [-0.39, 0.29) is 11.9 Å². The number of hydrogen-bond donors (Lipinski definition) is 1. The van der Waals surface area contributed by atoms with Crippen molar-refractivity contribution in [2.75, 3.05) is 0 Å². The smallest absolute Gasteiger partial charge is 0.251 e. The lowest BCUT2D eigenvalue weighted by Gasteiger charge is -2.26. The van der Waals surface area contributed by atoms with Gasteiger partial charge in [0.05, 0.1) is 12.2 Å². The third-order valence-corrected chi connectivity index (χ3v) is 4.39. The molecular weight excluding hydrogens is 298 g/mol. The average Bonchev–Trinajstić information content (AvgIpc) is 2.82. The monoisotopic (exact) mass is 327 g/mol. The van der Waals surface area contributed by atoms with Gasteiger partial charge in [0, 0.05) is 17.3 Å². The Morgan fingerprint density at radius 1 is 1.08 bits per heavy atom. The molecule has 0 radical (unpaired) electrons. The molecule has 0 aliphatic rings. The summed E-state index contributed by atoms with van der Waals surface area (Å²) in [4.78, 5) is 12.5. The standard InChI is InChI=1S/C20H29N3O/c1-13(2)19(14(3)4)21-20(24)18-9-7-17(8-10-18)12-23-16(6)11-15(5)22-23/h7-11,13-14,19H,12H2,1-6H3,(H,21,24). The molecule has 130 valence electrons. The van der Waals surface area contributed by atoms with Gasteiger partial charge in [0.1, 0.15) is 0 Å². The number of carbonyl (C=O) groups is 1. The summed E-state index contributed by atoms with van der Waals surface area (Å²) in [6.07, 6.45) is 0. The highest BCUT2D eigenvalue weighted by molar-refractivity contribution is 5.94. The second-order valence-corrected chi connectivity index (χ2v) is 7.27. The first-order valence-corrected chi connectivity index (χ1v) is 8.68. The van der Waals surface area contributed by atoms with Gasteiger partial charge in [0.15, 0.2) is 0 Å². The lowest BCUT2D eigenvalue weighted by atomic mass is 9.93. The van der Waals surface area contributed by atoms with Gasteiger partial charge in [-0.1, -0.05) is 39.8 Å². The molecule has 0 fully saturated rings. The number of amides is 1. The topological polar surface area (TPSA) is 46.9 Å². The maximum Gasteiger partial charge on any atom is 0.251 e. The molecule has 4 heteroatoms.